The summed E-state index contributed by atoms with van der Waals surface area (Å²) in [4.78, 5) is 8.85. The monoisotopic (exact) mass is 216 g/mol. The highest BCUT2D eigenvalue weighted by Crippen LogP contribution is 2.33. The number of aryl methyl sites for hydroxylation is 2. The second-order valence-corrected chi connectivity index (χ2v) is 4.65. The van der Waals surface area contributed by atoms with E-state index in [0.717, 1.165) is 29.3 Å². The summed E-state index contributed by atoms with van der Waals surface area (Å²) in [5.41, 5.74) is 8.77. The lowest BCUT2D eigenvalue weighted by molar-refractivity contribution is 0.610. The zero-order chi connectivity index (χ0) is 11.1. The van der Waals surface area contributed by atoms with Gasteiger partial charge in [0.15, 0.2) is 5.65 Å². The van der Waals surface area contributed by atoms with Gasteiger partial charge in [0.1, 0.15) is 5.52 Å². The Bertz CT molecular complexity index is 525. The third kappa shape index (κ3) is 1.64. The molecular formula is C12H16N4. The summed E-state index contributed by atoms with van der Waals surface area (Å²) in [7, 11) is 0. The molecule has 0 unspecified atom stereocenters. The highest BCUT2D eigenvalue weighted by molar-refractivity contribution is 5.74. The molecule has 0 aromatic carbocycles. The number of anilines is 1. The molecule has 0 saturated heterocycles. The minimum atomic E-state index is 0.591. The Hall–Kier alpha value is -1.58. The van der Waals surface area contributed by atoms with Crippen molar-refractivity contribution in [2.75, 3.05) is 5.73 Å². The van der Waals surface area contributed by atoms with Crippen molar-refractivity contribution in [1.82, 2.24) is 14.5 Å². The van der Waals surface area contributed by atoms with Crippen LogP contribution in [-0.2, 0) is 6.54 Å². The first-order valence-electron chi connectivity index (χ1n) is 5.83. The molecule has 0 bridgehead atoms. The minimum absolute atomic E-state index is 0.591. The summed E-state index contributed by atoms with van der Waals surface area (Å²) < 4.78 is 2.04. The van der Waals surface area contributed by atoms with E-state index in [9.17, 15) is 0 Å². The van der Waals surface area contributed by atoms with Gasteiger partial charge in [-0.15, -0.1) is 0 Å². The van der Waals surface area contributed by atoms with Gasteiger partial charge in [-0.25, -0.2) is 9.97 Å². The fourth-order valence-electron chi connectivity index (χ4n) is 2.05. The molecule has 2 aromatic heterocycles. The smallest absolute Gasteiger partial charge is 0.202 e. The van der Waals surface area contributed by atoms with Gasteiger partial charge >= 0.3 is 0 Å². The van der Waals surface area contributed by atoms with E-state index in [2.05, 4.69) is 9.97 Å². The van der Waals surface area contributed by atoms with E-state index in [1.54, 1.807) is 0 Å². The average molecular weight is 216 g/mol. The van der Waals surface area contributed by atoms with Gasteiger partial charge in [-0.3, -0.25) is 4.57 Å². The van der Waals surface area contributed by atoms with E-state index in [4.69, 9.17) is 5.73 Å². The summed E-state index contributed by atoms with van der Waals surface area (Å²) in [6.07, 6.45) is 3.95. The third-order valence-electron chi connectivity index (χ3n) is 3.22. The van der Waals surface area contributed by atoms with Crippen molar-refractivity contribution in [2.24, 2.45) is 5.92 Å². The molecule has 0 spiro atoms. The fraction of sp³-hybridized carbons (Fsp3) is 0.500. The lowest BCUT2D eigenvalue weighted by atomic mass is 10.3. The summed E-state index contributed by atoms with van der Waals surface area (Å²) in [6.45, 7) is 2.94. The standard InChI is InChI=1S/C12H16N4/c1-8-2-5-10-11(14-8)16(12(13)15-10)7-6-9-3-4-9/h2,5,9H,3-4,6-7H2,1H3,(H2,13,15). The minimum Gasteiger partial charge on any atom is -0.369 e. The molecule has 1 aliphatic carbocycles. The highest BCUT2D eigenvalue weighted by Gasteiger charge is 2.21. The van der Waals surface area contributed by atoms with Crippen molar-refractivity contribution in [1.29, 1.82) is 0 Å². The van der Waals surface area contributed by atoms with Crippen LogP contribution in [-0.4, -0.2) is 14.5 Å². The van der Waals surface area contributed by atoms with Crippen molar-refractivity contribution in [2.45, 2.75) is 32.7 Å². The predicted octanol–water partition coefficient (Wildman–Crippen LogP) is 2.12. The summed E-state index contributed by atoms with van der Waals surface area (Å²) in [5, 5.41) is 0. The van der Waals surface area contributed by atoms with Crippen LogP contribution in [0, 0.1) is 12.8 Å². The zero-order valence-electron chi connectivity index (χ0n) is 9.48. The second kappa shape index (κ2) is 3.47. The quantitative estimate of drug-likeness (QED) is 0.855. The Morgan fingerprint density at radius 1 is 1.38 bits per heavy atom. The van der Waals surface area contributed by atoms with Gasteiger partial charge in [-0.1, -0.05) is 12.8 Å². The van der Waals surface area contributed by atoms with Gasteiger partial charge in [0.25, 0.3) is 0 Å². The van der Waals surface area contributed by atoms with E-state index in [1.807, 2.05) is 23.6 Å². The van der Waals surface area contributed by atoms with Crippen LogP contribution in [0.2, 0.25) is 0 Å². The average Bonchev–Trinajstić information content (AvgIpc) is 3.01. The number of imidazole rings is 1. The maximum absolute atomic E-state index is 5.92. The van der Waals surface area contributed by atoms with Crippen LogP contribution in [0.5, 0.6) is 0 Å². The SMILES string of the molecule is Cc1ccc2nc(N)n(CCC3CC3)c2n1. The first kappa shape index (κ1) is 9.63. The molecule has 1 fully saturated rings. The molecular weight excluding hydrogens is 200 g/mol. The fourth-order valence-corrected chi connectivity index (χ4v) is 2.05. The van der Waals surface area contributed by atoms with E-state index in [-0.39, 0.29) is 0 Å². The van der Waals surface area contributed by atoms with Gasteiger partial charge in [-0.2, -0.15) is 0 Å². The Kier molecular flexibility index (Phi) is 2.09. The number of aromatic nitrogens is 3. The van der Waals surface area contributed by atoms with Crippen molar-refractivity contribution in [3.8, 4) is 0 Å². The highest BCUT2D eigenvalue weighted by atomic mass is 15.2. The molecule has 4 nitrogen and oxygen atoms in total. The molecule has 0 atom stereocenters. The molecule has 0 aliphatic heterocycles. The van der Waals surface area contributed by atoms with Crippen LogP contribution in [0.15, 0.2) is 12.1 Å². The first-order chi connectivity index (χ1) is 7.74. The number of nitrogen functional groups attached to an aromatic ring is 1. The number of hydrogen-bond donors (Lipinski definition) is 1. The number of rotatable bonds is 3. The van der Waals surface area contributed by atoms with E-state index in [0.29, 0.717) is 5.95 Å². The molecule has 16 heavy (non-hydrogen) atoms. The topological polar surface area (TPSA) is 56.7 Å². The molecule has 84 valence electrons. The molecule has 1 aliphatic rings. The van der Waals surface area contributed by atoms with Gasteiger partial charge < -0.3 is 5.73 Å². The summed E-state index contributed by atoms with van der Waals surface area (Å²) >= 11 is 0. The maximum atomic E-state index is 5.92. The molecule has 0 amide bonds. The molecule has 2 heterocycles. The number of nitrogens with two attached hydrogens (primary N) is 1. The number of fused-ring (bicyclic) bond motifs is 1. The van der Waals surface area contributed by atoms with Crippen LogP contribution in [0.1, 0.15) is 25.0 Å². The normalized spacial score (nSPS) is 15.8. The number of hydrogen-bond acceptors (Lipinski definition) is 3. The van der Waals surface area contributed by atoms with E-state index < -0.39 is 0 Å². The zero-order valence-corrected chi connectivity index (χ0v) is 9.48. The van der Waals surface area contributed by atoms with Gasteiger partial charge in [0.05, 0.1) is 0 Å². The van der Waals surface area contributed by atoms with Crippen LogP contribution in [0.25, 0.3) is 11.2 Å². The Morgan fingerprint density at radius 2 is 2.19 bits per heavy atom. The van der Waals surface area contributed by atoms with Gasteiger partial charge in [0, 0.05) is 12.2 Å². The molecule has 3 rings (SSSR count). The third-order valence-corrected chi connectivity index (χ3v) is 3.22. The van der Waals surface area contributed by atoms with E-state index >= 15 is 0 Å². The van der Waals surface area contributed by atoms with Gasteiger partial charge in [0.2, 0.25) is 5.95 Å². The van der Waals surface area contributed by atoms with Crippen LogP contribution in [0.3, 0.4) is 0 Å². The Balaban J connectivity index is 1.99. The molecule has 4 heteroatoms. The lowest BCUT2D eigenvalue weighted by Crippen LogP contribution is -2.05. The number of pyridine rings is 1. The van der Waals surface area contributed by atoms with Crippen molar-refractivity contribution in [3.63, 3.8) is 0 Å². The largest absolute Gasteiger partial charge is 0.369 e. The Morgan fingerprint density at radius 3 is 2.94 bits per heavy atom. The Labute approximate surface area is 94.5 Å². The summed E-state index contributed by atoms with van der Waals surface area (Å²) in [5.74, 6) is 1.50. The van der Waals surface area contributed by atoms with Crippen LogP contribution < -0.4 is 5.73 Å². The second-order valence-electron chi connectivity index (χ2n) is 4.65. The van der Waals surface area contributed by atoms with Crippen LogP contribution in [0.4, 0.5) is 5.95 Å². The summed E-state index contributed by atoms with van der Waals surface area (Å²) in [6, 6.07) is 3.96. The molecule has 1 saturated carbocycles. The van der Waals surface area contributed by atoms with Gasteiger partial charge in [-0.05, 0) is 31.4 Å². The lowest BCUT2D eigenvalue weighted by Gasteiger charge is -2.04. The molecule has 2 aromatic rings. The van der Waals surface area contributed by atoms with Crippen molar-refractivity contribution >= 4 is 17.1 Å². The van der Waals surface area contributed by atoms with Crippen molar-refractivity contribution < 1.29 is 0 Å². The maximum Gasteiger partial charge on any atom is 0.202 e. The first-order valence-corrected chi connectivity index (χ1v) is 5.83. The number of nitrogens with zero attached hydrogens (tertiary/aromatic N) is 3. The molecule has 0 radical (unpaired) electrons. The van der Waals surface area contributed by atoms with Crippen LogP contribution >= 0.6 is 0 Å². The van der Waals surface area contributed by atoms with Crippen molar-refractivity contribution in [3.05, 3.63) is 17.8 Å². The predicted molar refractivity (Wildman–Crippen MR) is 64.0 cm³/mol. The van der Waals surface area contributed by atoms with E-state index in [1.165, 1.54) is 19.3 Å². The molecule has 2 N–H and O–H groups in total.